The first-order chi connectivity index (χ1) is 28.5. The largest absolute Gasteiger partial charge is 0.309 e. The smallest absolute Gasteiger partial charge is 0.0900 e. The molecule has 0 saturated carbocycles. The topological polar surface area (TPSA) is 43.6 Å². The summed E-state index contributed by atoms with van der Waals surface area (Å²) in [6.45, 7) is 4.73. The molecule has 1 aliphatic rings. The highest BCUT2D eigenvalue weighted by Gasteiger charge is 2.37. The van der Waals surface area contributed by atoms with Gasteiger partial charge in [0.2, 0.25) is 0 Å². The van der Waals surface area contributed by atoms with Crippen LogP contribution in [0.2, 0.25) is 0 Å². The minimum Gasteiger partial charge on any atom is -0.309 e. The van der Waals surface area contributed by atoms with Crippen LogP contribution in [0.4, 0.5) is 0 Å². The summed E-state index contributed by atoms with van der Waals surface area (Å²) in [5.41, 5.74) is 19.1. The fourth-order valence-corrected chi connectivity index (χ4v) is 9.26. The molecule has 0 amide bonds. The Morgan fingerprint density at radius 1 is 0.414 bits per heavy atom. The number of nitrogens with zero attached hydrogens (tertiary/aromatic N) is 4. The molecule has 0 bridgehead atoms. The highest BCUT2D eigenvalue weighted by atomic mass is 15.0. The summed E-state index contributed by atoms with van der Waals surface area (Å²) in [4.78, 5) is 14.3. The van der Waals surface area contributed by atoms with E-state index in [9.17, 15) is 0 Å². The second-order valence-corrected chi connectivity index (χ2v) is 15.6. The molecule has 0 spiro atoms. The van der Waals surface area contributed by atoms with Crippen molar-refractivity contribution in [3.8, 4) is 73.0 Å². The Morgan fingerprint density at radius 2 is 1.03 bits per heavy atom. The van der Waals surface area contributed by atoms with E-state index in [2.05, 4.69) is 174 Å². The SMILES string of the molecule is CC1(C)c2ccccc2-c2cccc(-c3ccc4c(c3)c3cccc(-c5cccc(-c6cc(-c7ccccn7)nc(-c7ccccn7)c6)c5)c3n4-c3ccccc3)c21. The molecule has 0 N–H and O–H groups in total. The maximum atomic E-state index is 5.03. The molecule has 274 valence electrons. The lowest BCUT2D eigenvalue weighted by Gasteiger charge is -2.24. The fourth-order valence-electron chi connectivity index (χ4n) is 9.26. The average molecular weight is 743 g/mol. The minimum atomic E-state index is -0.112. The summed E-state index contributed by atoms with van der Waals surface area (Å²) >= 11 is 0. The molecule has 4 aromatic heterocycles. The van der Waals surface area contributed by atoms with Crippen LogP contribution in [-0.2, 0) is 5.41 Å². The van der Waals surface area contributed by atoms with Crippen molar-refractivity contribution >= 4 is 21.8 Å². The van der Waals surface area contributed by atoms with Crippen LogP contribution in [0.5, 0.6) is 0 Å². The van der Waals surface area contributed by atoms with Crippen LogP contribution in [0, 0.1) is 0 Å². The minimum absolute atomic E-state index is 0.112. The summed E-state index contributed by atoms with van der Waals surface area (Å²) in [5, 5.41) is 2.45. The molecule has 0 saturated heterocycles. The molecule has 4 nitrogen and oxygen atoms in total. The van der Waals surface area contributed by atoms with Crippen molar-refractivity contribution in [1.82, 2.24) is 19.5 Å². The molecule has 1 aliphatic carbocycles. The van der Waals surface area contributed by atoms with Gasteiger partial charge in [0.1, 0.15) is 0 Å². The fraction of sp³-hybridized carbons (Fsp3) is 0.0556. The number of fused-ring (bicyclic) bond motifs is 6. The number of pyridine rings is 3. The van der Waals surface area contributed by atoms with Gasteiger partial charge in [0.15, 0.2) is 0 Å². The summed E-state index contributed by atoms with van der Waals surface area (Å²) < 4.78 is 2.44. The third-order valence-corrected chi connectivity index (χ3v) is 11.9. The van der Waals surface area contributed by atoms with E-state index < -0.39 is 0 Å². The van der Waals surface area contributed by atoms with E-state index in [-0.39, 0.29) is 5.41 Å². The number of hydrogen-bond acceptors (Lipinski definition) is 3. The second kappa shape index (κ2) is 13.4. The van der Waals surface area contributed by atoms with Crippen LogP contribution in [0.15, 0.2) is 194 Å². The summed E-state index contributed by atoms with van der Waals surface area (Å²) in [5.74, 6) is 0. The molecule has 0 atom stereocenters. The maximum absolute atomic E-state index is 5.03. The Hall–Kier alpha value is -7.43. The van der Waals surface area contributed by atoms with Gasteiger partial charge >= 0.3 is 0 Å². The Labute approximate surface area is 337 Å². The van der Waals surface area contributed by atoms with Gasteiger partial charge in [0.25, 0.3) is 0 Å². The zero-order valence-electron chi connectivity index (χ0n) is 32.3. The normalized spacial score (nSPS) is 12.8. The number of benzene rings is 6. The zero-order chi connectivity index (χ0) is 38.8. The van der Waals surface area contributed by atoms with Gasteiger partial charge in [-0.15, -0.1) is 0 Å². The van der Waals surface area contributed by atoms with Crippen LogP contribution in [0.25, 0.3) is 94.8 Å². The van der Waals surface area contributed by atoms with E-state index >= 15 is 0 Å². The predicted molar refractivity (Wildman–Crippen MR) is 239 cm³/mol. The number of rotatable bonds is 6. The first-order valence-electron chi connectivity index (χ1n) is 19.8. The molecule has 10 aromatic rings. The van der Waals surface area contributed by atoms with Crippen LogP contribution < -0.4 is 0 Å². The Bertz CT molecular complexity index is 3120. The number of aromatic nitrogens is 4. The Morgan fingerprint density at radius 3 is 1.79 bits per heavy atom. The molecule has 0 aliphatic heterocycles. The van der Waals surface area contributed by atoms with E-state index in [0.29, 0.717) is 0 Å². The predicted octanol–water partition coefficient (Wildman–Crippen LogP) is 13.6. The van der Waals surface area contributed by atoms with E-state index in [0.717, 1.165) is 45.2 Å². The standard InChI is InChI=1S/C54H38N4/c1-54(2)46-24-7-6-19-42(46)43-22-13-20-40(52(43)54)37-27-28-51-45(32-37)44-23-14-21-41(53(44)58(51)39-17-4-3-5-18-39)36-16-12-15-35(31-36)38-33-49(47-25-8-10-29-55-47)57-50(34-38)48-26-9-11-30-56-48/h3-34H,1-2H3. The van der Waals surface area contributed by atoms with Gasteiger partial charge in [-0.05, 0) is 117 Å². The van der Waals surface area contributed by atoms with Gasteiger partial charge in [-0.25, -0.2) is 4.98 Å². The van der Waals surface area contributed by atoms with Crippen molar-refractivity contribution in [3.05, 3.63) is 206 Å². The van der Waals surface area contributed by atoms with Crippen molar-refractivity contribution in [2.45, 2.75) is 19.3 Å². The van der Waals surface area contributed by atoms with Crippen molar-refractivity contribution in [3.63, 3.8) is 0 Å². The van der Waals surface area contributed by atoms with Gasteiger partial charge in [-0.1, -0.05) is 129 Å². The van der Waals surface area contributed by atoms with E-state index in [1.807, 2.05) is 48.8 Å². The maximum Gasteiger partial charge on any atom is 0.0900 e. The van der Waals surface area contributed by atoms with Crippen molar-refractivity contribution in [2.24, 2.45) is 0 Å². The molecule has 6 aromatic carbocycles. The first kappa shape index (κ1) is 33.9. The number of para-hydroxylation sites is 2. The summed E-state index contributed by atoms with van der Waals surface area (Å²) in [6.07, 6.45) is 3.62. The molecule has 0 fully saturated rings. The van der Waals surface area contributed by atoms with Crippen molar-refractivity contribution < 1.29 is 0 Å². The molecular formula is C54H38N4. The van der Waals surface area contributed by atoms with Gasteiger partial charge in [-0.2, -0.15) is 0 Å². The van der Waals surface area contributed by atoms with Gasteiger partial charge in [0.05, 0.1) is 33.8 Å². The van der Waals surface area contributed by atoms with Crippen molar-refractivity contribution in [2.75, 3.05) is 0 Å². The molecule has 4 heteroatoms. The second-order valence-electron chi connectivity index (χ2n) is 15.6. The van der Waals surface area contributed by atoms with Crippen LogP contribution in [0.1, 0.15) is 25.0 Å². The number of hydrogen-bond donors (Lipinski definition) is 0. The average Bonchev–Trinajstić information content (AvgIpc) is 3.75. The lowest BCUT2D eigenvalue weighted by molar-refractivity contribution is 0.662. The van der Waals surface area contributed by atoms with E-state index in [4.69, 9.17) is 4.98 Å². The molecular weight excluding hydrogens is 705 g/mol. The monoisotopic (exact) mass is 742 g/mol. The van der Waals surface area contributed by atoms with Gasteiger partial charge in [-0.3, -0.25) is 9.97 Å². The third kappa shape index (κ3) is 5.41. The van der Waals surface area contributed by atoms with Crippen LogP contribution >= 0.6 is 0 Å². The summed E-state index contributed by atoms with van der Waals surface area (Å²) in [7, 11) is 0. The molecule has 0 radical (unpaired) electrons. The van der Waals surface area contributed by atoms with Crippen molar-refractivity contribution in [1.29, 1.82) is 0 Å². The highest BCUT2D eigenvalue weighted by molar-refractivity contribution is 6.15. The summed E-state index contributed by atoms with van der Waals surface area (Å²) in [6, 6.07) is 65.3. The molecule has 11 rings (SSSR count). The molecule has 58 heavy (non-hydrogen) atoms. The van der Waals surface area contributed by atoms with Crippen LogP contribution in [-0.4, -0.2) is 19.5 Å². The van der Waals surface area contributed by atoms with Gasteiger partial charge in [0, 0.05) is 39.8 Å². The molecule has 4 heterocycles. The quantitative estimate of drug-likeness (QED) is 0.170. The zero-order valence-corrected chi connectivity index (χ0v) is 32.3. The Kier molecular flexibility index (Phi) is 7.80. The third-order valence-electron chi connectivity index (χ3n) is 11.9. The Balaban J connectivity index is 1.10. The molecule has 0 unspecified atom stereocenters. The van der Waals surface area contributed by atoms with E-state index in [1.54, 1.807) is 0 Å². The lowest BCUT2D eigenvalue weighted by Crippen LogP contribution is -2.16. The lowest BCUT2D eigenvalue weighted by atomic mass is 9.79. The first-order valence-corrected chi connectivity index (χ1v) is 19.8. The highest BCUT2D eigenvalue weighted by Crippen LogP contribution is 2.52. The van der Waals surface area contributed by atoms with Crippen LogP contribution in [0.3, 0.4) is 0 Å². The van der Waals surface area contributed by atoms with Gasteiger partial charge < -0.3 is 4.57 Å². The van der Waals surface area contributed by atoms with E-state index in [1.165, 1.54) is 60.8 Å².